The van der Waals surface area contributed by atoms with E-state index in [1.165, 1.54) is 19.2 Å². The van der Waals surface area contributed by atoms with Crippen LogP contribution in [0.1, 0.15) is 27.8 Å². The fourth-order valence-electron chi connectivity index (χ4n) is 2.81. The van der Waals surface area contributed by atoms with Gasteiger partial charge in [0.25, 0.3) is 5.91 Å². The quantitative estimate of drug-likeness (QED) is 0.643. The Kier molecular flexibility index (Phi) is 5.07. The standard InChI is InChI=1S/C21H18N4O4/c1-13(26)14-3-2-4-15(11-14)24-21-22-8-7-17(25-21)20(27)23-16-5-6-18-19(12-16)29-10-9-28-18/h2-8,11-12H,9-10H2,1H3,(H,23,27)(H,22,24,25). The molecule has 1 aliphatic rings. The maximum Gasteiger partial charge on any atom is 0.274 e. The summed E-state index contributed by atoms with van der Waals surface area (Å²) in [5.74, 6) is 1.06. The monoisotopic (exact) mass is 390 g/mol. The van der Waals surface area contributed by atoms with Gasteiger partial charge < -0.3 is 20.1 Å². The number of rotatable bonds is 5. The molecule has 0 unspecified atom stereocenters. The molecule has 0 aliphatic carbocycles. The molecular weight excluding hydrogens is 372 g/mol. The van der Waals surface area contributed by atoms with E-state index in [0.717, 1.165) is 0 Å². The third-order valence-electron chi connectivity index (χ3n) is 4.21. The molecule has 8 nitrogen and oxygen atoms in total. The van der Waals surface area contributed by atoms with E-state index in [1.54, 1.807) is 42.5 Å². The Hall–Kier alpha value is -3.94. The molecule has 0 fully saturated rings. The second-order valence-corrected chi connectivity index (χ2v) is 6.34. The van der Waals surface area contributed by atoms with E-state index in [-0.39, 0.29) is 23.3 Å². The minimum atomic E-state index is -0.385. The van der Waals surface area contributed by atoms with E-state index >= 15 is 0 Å². The SMILES string of the molecule is CC(=O)c1cccc(Nc2nccc(C(=O)Nc3ccc4c(c3)OCCO4)n2)c1. The molecule has 0 spiro atoms. The molecule has 1 aromatic heterocycles. The number of benzene rings is 2. The van der Waals surface area contributed by atoms with Gasteiger partial charge in [0.15, 0.2) is 17.3 Å². The third kappa shape index (κ3) is 4.32. The number of fused-ring (bicyclic) bond motifs is 1. The molecule has 0 atom stereocenters. The lowest BCUT2D eigenvalue weighted by molar-refractivity contribution is 0.101. The predicted molar refractivity (Wildman–Crippen MR) is 107 cm³/mol. The van der Waals surface area contributed by atoms with Gasteiger partial charge in [-0.25, -0.2) is 9.97 Å². The highest BCUT2D eigenvalue weighted by molar-refractivity contribution is 6.03. The van der Waals surface area contributed by atoms with Gasteiger partial charge in [0, 0.05) is 29.2 Å². The van der Waals surface area contributed by atoms with Crippen LogP contribution in [0.5, 0.6) is 11.5 Å². The van der Waals surface area contributed by atoms with Gasteiger partial charge in [0.1, 0.15) is 18.9 Å². The first-order valence-electron chi connectivity index (χ1n) is 9.00. The van der Waals surface area contributed by atoms with Crippen LogP contribution in [-0.2, 0) is 0 Å². The molecule has 29 heavy (non-hydrogen) atoms. The van der Waals surface area contributed by atoms with E-state index in [0.29, 0.717) is 41.7 Å². The Morgan fingerprint density at radius 2 is 1.79 bits per heavy atom. The van der Waals surface area contributed by atoms with Crippen LogP contribution in [0, 0.1) is 0 Å². The van der Waals surface area contributed by atoms with Gasteiger partial charge in [0.05, 0.1) is 0 Å². The van der Waals surface area contributed by atoms with Gasteiger partial charge in [-0.05, 0) is 37.3 Å². The lowest BCUT2D eigenvalue weighted by Crippen LogP contribution is -2.17. The molecule has 0 bridgehead atoms. The minimum absolute atomic E-state index is 0.0397. The fraction of sp³-hybridized carbons (Fsp3) is 0.143. The second-order valence-electron chi connectivity index (χ2n) is 6.34. The van der Waals surface area contributed by atoms with Crippen molar-refractivity contribution in [2.75, 3.05) is 23.8 Å². The molecule has 146 valence electrons. The molecule has 0 saturated carbocycles. The summed E-state index contributed by atoms with van der Waals surface area (Å²) in [6, 6.07) is 13.7. The van der Waals surface area contributed by atoms with Gasteiger partial charge in [-0.15, -0.1) is 0 Å². The van der Waals surface area contributed by atoms with E-state index in [1.807, 2.05) is 0 Å². The number of hydrogen-bond donors (Lipinski definition) is 2. The number of aromatic nitrogens is 2. The molecule has 2 aromatic carbocycles. The average molecular weight is 390 g/mol. The van der Waals surface area contributed by atoms with Crippen LogP contribution in [0.3, 0.4) is 0 Å². The molecule has 3 aromatic rings. The summed E-state index contributed by atoms with van der Waals surface area (Å²) >= 11 is 0. The molecule has 0 radical (unpaired) electrons. The lowest BCUT2D eigenvalue weighted by atomic mass is 10.1. The van der Waals surface area contributed by atoms with Crippen LogP contribution < -0.4 is 20.1 Å². The van der Waals surface area contributed by atoms with Crippen molar-refractivity contribution in [3.05, 3.63) is 66.0 Å². The largest absolute Gasteiger partial charge is 0.486 e. The third-order valence-corrected chi connectivity index (χ3v) is 4.21. The number of hydrogen-bond acceptors (Lipinski definition) is 7. The lowest BCUT2D eigenvalue weighted by Gasteiger charge is -2.19. The predicted octanol–water partition coefficient (Wildman–Crippen LogP) is 3.45. The maximum atomic E-state index is 12.6. The zero-order valence-electron chi connectivity index (χ0n) is 15.6. The van der Waals surface area contributed by atoms with Crippen molar-refractivity contribution < 1.29 is 19.1 Å². The Morgan fingerprint density at radius 1 is 0.966 bits per heavy atom. The zero-order chi connectivity index (χ0) is 20.2. The summed E-state index contributed by atoms with van der Waals surface area (Å²) in [5.41, 5.74) is 1.99. The summed E-state index contributed by atoms with van der Waals surface area (Å²) in [4.78, 5) is 32.5. The Bertz CT molecular complexity index is 1080. The summed E-state index contributed by atoms with van der Waals surface area (Å²) in [6.45, 7) is 2.47. The summed E-state index contributed by atoms with van der Waals surface area (Å²) in [7, 11) is 0. The first kappa shape index (κ1) is 18.4. The summed E-state index contributed by atoms with van der Waals surface area (Å²) in [5, 5.41) is 5.79. The highest BCUT2D eigenvalue weighted by atomic mass is 16.6. The number of nitrogens with zero attached hydrogens (tertiary/aromatic N) is 2. The molecule has 8 heteroatoms. The minimum Gasteiger partial charge on any atom is -0.486 e. The number of nitrogens with one attached hydrogen (secondary N) is 2. The fourth-order valence-corrected chi connectivity index (χ4v) is 2.81. The first-order valence-corrected chi connectivity index (χ1v) is 9.00. The molecule has 1 aliphatic heterocycles. The van der Waals surface area contributed by atoms with E-state index in [4.69, 9.17) is 9.47 Å². The number of ether oxygens (including phenoxy) is 2. The van der Waals surface area contributed by atoms with E-state index < -0.39 is 0 Å². The van der Waals surface area contributed by atoms with Crippen molar-refractivity contribution in [2.45, 2.75) is 6.92 Å². The number of ketones is 1. The van der Waals surface area contributed by atoms with E-state index in [9.17, 15) is 9.59 Å². The van der Waals surface area contributed by atoms with Gasteiger partial charge >= 0.3 is 0 Å². The summed E-state index contributed by atoms with van der Waals surface area (Å²) in [6.07, 6.45) is 1.49. The number of carbonyl (C=O) groups is 2. The Labute approximate surface area is 166 Å². The highest BCUT2D eigenvalue weighted by Gasteiger charge is 2.14. The Morgan fingerprint density at radius 3 is 2.62 bits per heavy atom. The van der Waals surface area contributed by atoms with E-state index in [2.05, 4.69) is 20.6 Å². The molecule has 2 heterocycles. The van der Waals surface area contributed by atoms with Gasteiger partial charge in [0.2, 0.25) is 5.95 Å². The van der Waals surface area contributed by atoms with Crippen molar-refractivity contribution in [3.8, 4) is 11.5 Å². The second kappa shape index (κ2) is 7.97. The number of carbonyl (C=O) groups excluding carboxylic acids is 2. The smallest absolute Gasteiger partial charge is 0.274 e. The van der Waals surface area contributed by atoms with Crippen molar-refractivity contribution >= 4 is 29.0 Å². The number of Topliss-reactive ketones (excluding diaryl/α,β-unsaturated/α-hetero) is 1. The molecule has 1 amide bonds. The topological polar surface area (TPSA) is 102 Å². The molecular formula is C21H18N4O4. The molecule has 2 N–H and O–H groups in total. The van der Waals surface area contributed by atoms with Crippen LogP contribution in [0.4, 0.5) is 17.3 Å². The van der Waals surface area contributed by atoms with Crippen molar-refractivity contribution in [1.29, 1.82) is 0 Å². The van der Waals surface area contributed by atoms with Crippen molar-refractivity contribution in [2.24, 2.45) is 0 Å². The first-order chi connectivity index (χ1) is 14.1. The van der Waals surface area contributed by atoms with Crippen molar-refractivity contribution in [3.63, 3.8) is 0 Å². The molecule has 0 saturated heterocycles. The normalized spacial score (nSPS) is 12.2. The zero-order valence-corrected chi connectivity index (χ0v) is 15.6. The van der Waals surface area contributed by atoms with Crippen LogP contribution in [0.25, 0.3) is 0 Å². The van der Waals surface area contributed by atoms with Crippen LogP contribution in [0.15, 0.2) is 54.7 Å². The maximum absolute atomic E-state index is 12.6. The highest BCUT2D eigenvalue weighted by Crippen LogP contribution is 2.32. The van der Waals surface area contributed by atoms with Crippen LogP contribution in [-0.4, -0.2) is 34.9 Å². The van der Waals surface area contributed by atoms with Gasteiger partial charge in [-0.1, -0.05) is 12.1 Å². The van der Waals surface area contributed by atoms with Crippen LogP contribution >= 0.6 is 0 Å². The number of anilines is 3. The van der Waals surface area contributed by atoms with Gasteiger partial charge in [-0.3, -0.25) is 9.59 Å². The average Bonchev–Trinajstić information content (AvgIpc) is 2.74. The number of amides is 1. The van der Waals surface area contributed by atoms with Gasteiger partial charge in [-0.2, -0.15) is 0 Å². The van der Waals surface area contributed by atoms with Crippen molar-refractivity contribution in [1.82, 2.24) is 9.97 Å². The summed E-state index contributed by atoms with van der Waals surface area (Å²) < 4.78 is 11.0. The van der Waals surface area contributed by atoms with Crippen LogP contribution in [0.2, 0.25) is 0 Å². The Balaban J connectivity index is 1.49. The molecule has 4 rings (SSSR count).